The number of aromatic nitrogens is 2. The van der Waals surface area contributed by atoms with Gasteiger partial charge in [0.1, 0.15) is 5.82 Å². The van der Waals surface area contributed by atoms with Crippen molar-refractivity contribution in [2.45, 2.75) is 13.3 Å². The van der Waals surface area contributed by atoms with E-state index in [4.69, 9.17) is 5.73 Å². The lowest BCUT2D eigenvalue weighted by Gasteiger charge is -2.15. The first kappa shape index (κ1) is 15.7. The number of nitrogens with one attached hydrogen (secondary N) is 2. The third-order valence-corrected chi connectivity index (χ3v) is 4.02. The SMILES string of the molecule is Cc1cccc(-c2cnc(N)nc2NCCCN2CCNC2)c1. The first-order chi connectivity index (χ1) is 11.2. The van der Waals surface area contributed by atoms with Gasteiger partial charge in [-0.3, -0.25) is 4.90 Å². The molecule has 0 bridgehead atoms. The second-order valence-corrected chi connectivity index (χ2v) is 5.92. The topological polar surface area (TPSA) is 79.1 Å². The van der Waals surface area contributed by atoms with E-state index in [-0.39, 0.29) is 0 Å². The largest absolute Gasteiger partial charge is 0.369 e. The van der Waals surface area contributed by atoms with Crippen molar-refractivity contribution in [2.24, 2.45) is 0 Å². The number of anilines is 2. The molecule has 0 spiro atoms. The zero-order valence-corrected chi connectivity index (χ0v) is 13.5. The van der Waals surface area contributed by atoms with Crippen LogP contribution in [0.4, 0.5) is 11.8 Å². The van der Waals surface area contributed by atoms with Crippen molar-refractivity contribution in [3.63, 3.8) is 0 Å². The molecule has 3 rings (SSSR count). The van der Waals surface area contributed by atoms with Gasteiger partial charge in [-0.05, 0) is 18.9 Å². The van der Waals surface area contributed by atoms with E-state index in [2.05, 4.69) is 50.6 Å². The van der Waals surface area contributed by atoms with Crippen LogP contribution < -0.4 is 16.4 Å². The number of nitrogens with two attached hydrogens (primary N) is 1. The Bertz CT molecular complexity index is 651. The summed E-state index contributed by atoms with van der Waals surface area (Å²) in [5.41, 5.74) is 9.07. The van der Waals surface area contributed by atoms with Gasteiger partial charge in [-0.15, -0.1) is 0 Å². The van der Waals surface area contributed by atoms with Crippen molar-refractivity contribution in [3.05, 3.63) is 36.0 Å². The predicted molar refractivity (Wildman–Crippen MR) is 94.2 cm³/mol. The average Bonchev–Trinajstić information content (AvgIpc) is 3.05. The van der Waals surface area contributed by atoms with Gasteiger partial charge in [0.15, 0.2) is 0 Å². The summed E-state index contributed by atoms with van der Waals surface area (Å²) in [7, 11) is 0. The first-order valence-corrected chi connectivity index (χ1v) is 8.09. The highest BCUT2D eigenvalue weighted by molar-refractivity contribution is 5.75. The Kier molecular flexibility index (Phi) is 5.05. The lowest BCUT2D eigenvalue weighted by molar-refractivity contribution is 0.333. The van der Waals surface area contributed by atoms with Gasteiger partial charge >= 0.3 is 0 Å². The van der Waals surface area contributed by atoms with Crippen LogP contribution >= 0.6 is 0 Å². The third kappa shape index (κ3) is 4.18. The predicted octanol–water partition coefficient (Wildman–Crippen LogP) is 1.70. The number of rotatable bonds is 6. The van der Waals surface area contributed by atoms with Gasteiger partial charge in [-0.25, -0.2) is 4.98 Å². The number of nitrogens with zero attached hydrogens (tertiary/aromatic N) is 3. The second kappa shape index (κ2) is 7.39. The molecule has 0 atom stereocenters. The minimum Gasteiger partial charge on any atom is -0.369 e. The van der Waals surface area contributed by atoms with Crippen LogP contribution in [0.5, 0.6) is 0 Å². The smallest absolute Gasteiger partial charge is 0.221 e. The van der Waals surface area contributed by atoms with Crippen molar-refractivity contribution in [1.82, 2.24) is 20.2 Å². The zero-order valence-electron chi connectivity index (χ0n) is 13.5. The molecule has 0 aliphatic carbocycles. The molecule has 4 N–H and O–H groups in total. The molecule has 1 aliphatic heterocycles. The van der Waals surface area contributed by atoms with Crippen LogP contribution in [0, 0.1) is 6.92 Å². The lowest BCUT2D eigenvalue weighted by Crippen LogP contribution is -2.24. The van der Waals surface area contributed by atoms with Crippen LogP contribution in [-0.4, -0.2) is 47.7 Å². The van der Waals surface area contributed by atoms with E-state index in [0.29, 0.717) is 5.95 Å². The average molecular weight is 312 g/mol. The molecule has 23 heavy (non-hydrogen) atoms. The number of nitrogen functional groups attached to an aromatic ring is 1. The quantitative estimate of drug-likeness (QED) is 0.705. The molecule has 0 unspecified atom stereocenters. The van der Waals surface area contributed by atoms with Crippen molar-refractivity contribution in [2.75, 3.05) is 43.9 Å². The minimum absolute atomic E-state index is 0.299. The fraction of sp³-hybridized carbons (Fsp3) is 0.412. The number of aryl methyl sites for hydroxylation is 1. The monoisotopic (exact) mass is 312 g/mol. The fourth-order valence-electron chi connectivity index (χ4n) is 2.81. The lowest BCUT2D eigenvalue weighted by atomic mass is 10.1. The van der Waals surface area contributed by atoms with Gasteiger partial charge in [0, 0.05) is 44.6 Å². The van der Waals surface area contributed by atoms with E-state index < -0.39 is 0 Å². The molecule has 2 heterocycles. The molecule has 0 radical (unpaired) electrons. The molecule has 1 saturated heterocycles. The highest BCUT2D eigenvalue weighted by Crippen LogP contribution is 2.26. The molecular weight excluding hydrogens is 288 g/mol. The van der Waals surface area contributed by atoms with Gasteiger partial charge in [0.05, 0.1) is 0 Å². The third-order valence-electron chi connectivity index (χ3n) is 4.02. The molecule has 6 nitrogen and oxygen atoms in total. The Balaban J connectivity index is 1.66. The van der Waals surface area contributed by atoms with E-state index in [0.717, 1.165) is 56.2 Å². The maximum atomic E-state index is 5.76. The Labute approximate surface area is 137 Å². The van der Waals surface area contributed by atoms with Crippen molar-refractivity contribution in [1.29, 1.82) is 0 Å². The molecule has 0 amide bonds. The Morgan fingerprint density at radius 1 is 1.39 bits per heavy atom. The Morgan fingerprint density at radius 2 is 2.30 bits per heavy atom. The summed E-state index contributed by atoms with van der Waals surface area (Å²) in [5.74, 6) is 1.11. The highest BCUT2D eigenvalue weighted by Gasteiger charge is 2.11. The normalized spacial score (nSPS) is 15.0. The van der Waals surface area contributed by atoms with Gasteiger partial charge in [0.25, 0.3) is 0 Å². The van der Waals surface area contributed by atoms with E-state index >= 15 is 0 Å². The zero-order chi connectivity index (χ0) is 16.1. The van der Waals surface area contributed by atoms with Crippen molar-refractivity contribution < 1.29 is 0 Å². The van der Waals surface area contributed by atoms with E-state index in [1.807, 2.05) is 6.07 Å². The van der Waals surface area contributed by atoms with Crippen LogP contribution in [0.2, 0.25) is 0 Å². The molecule has 1 aliphatic rings. The number of benzene rings is 1. The summed E-state index contributed by atoms with van der Waals surface area (Å²) in [6, 6.07) is 8.34. The second-order valence-electron chi connectivity index (χ2n) is 5.92. The van der Waals surface area contributed by atoms with Crippen molar-refractivity contribution in [3.8, 4) is 11.1 Å². The van der Waals surface area contributed by atoms with Gasteiger partial charge < -0.3 is 16.4 Å². The summed E-state index contributed by atoms with van der Waals surface area (Å²) in [5, 5.41) is 6.76. The van der Waals surface area contributed by atoms with Crippen LogP contribution in [0.3, 0.4) is 0 Å². The first-order valence-electron chi connectivity index (χ1n) is 8.09. The summed E-state index contributed by atoms with van der Waals surface area (Å²) < 4.78 is 0. The molecule has 2 aromatic rings. The van der Waals surface area contributed by atoms with Crippen LogP contribution in [0.25, 0.3) is 11.1 Å². The van der Waals surface area contributed by atoms with E-state index in [1.165, 1.54) is 5.56 Å². The maximum Gasteiger partial charge on any atom is 0.221 e. The Morgan fingerprint density at radius 3 is 3.09 bits per heavy atom. The van der Waals surface area contributed by atoms with Crippen LogP contribution in [0.15, 0.2) is 30.5 Å². The van der Waals surface area contributed by atoms with Crippen LogP contribution in [-0.2, 0) is 0 Å². The summed E-state index contributed by atoms with van der Waals surface area (Å²) in [4.78, 5) is 10.9. The molecule has 1 aromatic carbocycles. The van der Waals surface area contributed by atoms with E-state index in [9.17, 15) is 0 Å². The van der Waals surface area contributed by atoms with Gasteiger partial charge in [-0.1, -0.05) is 29.8 Å². The maximum absolute atomic E-state index is 5.76. The standard InChI is InChI=1S/C17H24N6/c1-13-4-2-5-14(10-13)15-11-21-17(18)22-16(15)20-6-3-8-23-9-7-19-12-23/h2,4-5,10-11,19H,3,6-9,12H2,1H3,(H3,18,20,21,22). The molecule has 1 fully saturated rings. The highest BCUT2D eigenvalue weighted by atomic mass is 15.3. The summed E-state index contributed by atoms with van der Waals surface area (Å²) >= 11 is 0. The number of hydrogen-bond acceptors (Lipinski definition) is 6. The summed E-state index contributed by atoms with van der Waals surface area (Å²) in [6.45, 7) is 7.25. The minimum atomic E-state index is 0.299. The molecule has 1 aromatic heterocycles. The number of hydrogen-bond donors (Lipinski definition) is 3. The van der Waals surface area contributed by atoms with Gasteiger partial charge in [-0.2, -0.15) is 4.98 Å². The van der Waals surface area contributed by atoms with E-state index in [1.54, 1.807) is 6.20 Å². The van der Waals surface area contributed by atoms with Crippen molar-refractivity contribution >= 4 is 11.8 Å². The molecule has 122 valence electrons. The molecular formula is C17H24N6. The summed E-state index contributed by atoms with van der Waals surface area (Å²) in [6.07, 6.45) is 2.86. The molecule has 6 heteroatoms. The van der Waals surface area contributed by atoms with Crippen LogP contribution in [0.1, 0.15) is 12.0 Å². The molecule has 0 saturated carbocycles. The van der Waals surface area contributed by atoms with Gasteiger partial charge in [0.2, 0.25) is 5.95 Å². The fourth-order valence-corrected chi connectivity index (χ4v) is 2.81. The Hall–Kier alpha value is -2.18.